The van der Waals surface area contributed by atoms with E-state index in [-0.39, 0.29) is 0 Å². The minimum Gasteiger partial charge on any atom is -0.478 e. The number of aryl methyl sites for hydroxylation is 1. The minimum atomic E-state index is -0.986. The Kier molecular flexibility index (Phi) is 5.13. The second-order valence-corrected chi connectivity index (χ2v) is 7.39. The Balaban J connectivity index is 2.08. The highest BCUT2D eigenvalue weighted by Crippen LogP contribution is 2.41. The number of halogens is 1. The Morgan fingerprint density at radius 1 is 1.39 bits per heavy atom. The van der Waals surface area contributed by atoms with Gasteiger partial charge in [-0.05, 0) is 43.5 Å². The number of hydrogen-bond acceptors (Lipinski definition) is 4. The van der Waals surface area contributed by atoms with Crippen molar-refractivity contribution in [3.63, 3.8) is 0 Å². The number of rotatable bonds is 5. The first kappa shape index (κ1) is 18.6. The first-order valence-electron chi connectivity index (χ1n) is 9.50. The van der Waals surface area contributed by atoms with Gasteiger partial charge in [0.15, 0.2) is 5.65 Å². The molecule has 0 aromatic carbocycles. The van der Waals surface area contributed by atoms with Crippen molar-refractivity contribution in [2.24, 2.45) is 0 Å². The van der Waals surface area contributed by atoms with Gasteiger partial charge in [-0.2, -0.15) is 5.10 Å². The lowest BCUT2D eigenvalue weighted by Gasteiger charge is -2.18. The van der Waals surface area contributed by atoms with Crippen molar-refractivity contribution in [3.8, 4) is 11.1 Å². The van der Waals surface area contributed by atoms with Gasteiger partial charge in [0.2, 0.25) is 0 Å². The maximum absolute atomic E-state index is 11.3. The molecule has 0 aliphatic heterocycles. The Hall–Kier alpha value is -2.73. The van der Waals surface area contributed by atoms with E-state index in [1.165, 1.54) is 6.08 Å². The normalized spacial score (nSPS) is 15.1. The minimum absolute atomic E-state index is 0.314. The number of aromatic nitrogens is 4. The lowest BCUT2D eigenvalue weighted by molar-refractivity contribution is -0.131. The SMILES string of the molecule is CCn1ncc2c(-c3ccnc(Cl)c3)c(C=CC(=O)O)c(C3CCCC3)nc21. The fourth-order valence-corrected chi connectivity index (χ4v) is 4.23. The molecule has 28 heavy (non-hydrogen) atoms. The van der Waals surface area contributed by atoms with E-state index in [2.05, 4.69) is 10.1 Å². The summed E-state index contributed by atoms with van der Waals surface area (Å²) in [6.45, 7) is 2.74. The van der Waals surface area contributed by atoms with Crippen LogP contribution in [0.2, 0.25) is 5.15 Å². The second kappa shape index (κ2) is 7.72. The molecule has 3 heterocycles. The number of aliphatic carboxylic acids is 1. The zero-order valence-corrected chi connectivity index (χ0v) is 16.4. The molecule has 1 saturated carbocycles. The first-order valence-corrected chi connectivity index (χ1v) is 9.88. The molecule has 0 saturated heterocycles. The van der Waals surface area contributed by atoms with Gasteiger partial charge in [-0.1, -0.05) is 24.4 Å². The van der Waals surface area contributed by atoms with Crippen LogP contribution in [0.4, 0.5) is 0 Å². The van der Waals surface area contributed by atoms with E-state index in [4.69, 9.17) is 16.6 Å². The monoisotopic (exact) mass is 396 g/mol. The largest absolute Gasteiger partial charge is 0.478 e. The zero-order valence-electron chi connectivity index (χ0n) is 15.6. The maximum Gasteiger partial charge on any atom is 0.328 e. The molecule has 3 aromatic heterocycles. The fraction of sp³-hybridized carbons (Fsp3) is 0.333. The first-order chi connectivity index (χ1) is 13.6. The second-order valence-electron chi connectivity index (χ2n) is 7.00. The molecule has 3 aromatic rings. The third-order valence-electron chi connectivity index (χ3n) is 5.30. The summed E-state index contributed by atoms with van der Waals surface area (Å²) in [6, 6.07) is 3.69. The van der Waals surface area contributed by atoms with Gasteiger partial charge < -0.3 is 5.11 Å². The van der Waals surface area contributed by atoms with Gasteiger partial charge in [-0.25, -0.2) is 19.4 Å². The third kappa shape index (κ3) is 3.40. The van der Waals surface area contributed by atoms with Crippen LogP contribution in [0.3, 0.4) is 0 Å². The number of pyridine rings is 2. The molecule has 0 atom stereocenters. The molecule has 0 amide bonds. The van der Waals surface area contributed by atoms with E-state index < -0.39 is 5.97 Å². The number of carboxylic acids is 1. The Morgan fingerprint density at radius 3 is 2.86 bits per heavy atom. The molecule has 144 valence electrons. The third-order valence-corrected chi connectivity index (χ3v) is 5.51. The van der Waals surface area contributed by atoms with E-state index in [9.17, 15) is 9.90 Å². The highest BCUT2D eigenvalue weighted by atomic mass is 35.5. The lowest BCUT2D eigenvalue weighted by Crippen LogP contribution is -2.06. The summed E-state index contributed by atoms with van der Waals surface area (Å²) in [6.07, 6.45) is 10.7. The molecule has 1 N–H and O–H groups in total. The van der Waals surface area contributed by atoms with Gasteiger partial charge in [0, 0.05) is 41.2 Å². The van der Waals surface area contributed by atoms with Crippen molar-refractivity contribution in [2.45, 2.75) is 45.1 Å². The molecular formula is C21H21ClN4O2. The van der Waals surface area contributed by atoms with E-state index in [0.717, 1.165) is 59.1 Å². The molecule has 1 aliphatic carbocycles. The Labute approximate surface area is 167 Å². The molecule has 0 radical (unpaired) electrons. The summed E-state index contributed by atoms with van der Waals surface area (Å²) < 4.78 is 1.88. The summed E-state index contributed by atoms with van der Waals surface area (Å²) in [5.41, 5.74) is 4.39. The molecule has 1 aliphatic rings. The molecule has 1 fully saturated rings. The smallest absolute Gasteiger partial charge is 0.328 e. The van der Waals surface area contributed by atoms with E-state index in [0.29, 0.717) is 17.6 Å². The molecule has 0 bridgehead atoms. The molecular weight excluding hydrogens is 376 g/mol. The topological polar surface area (TPSA) is 80.9 Å². The Morgan fingerprint density at radius 2 is 2.18 bits per heavy atom. The predicted molar refractivity (Wildman–Crippen MR) is 109 cm³/mol. The summed E-state index contributed by atoms with van der Waals surface area (Å²) in [5.74, 6) is -0.672. The van der Waals surface area contributed by atoms with Crippen molar-refractivity contribution in [1.82, 2.24) is 19.7 Å². The highest BCUT2D eigenvalue weighted by molar-refractivity contribution is 6.29. The van der Waals surface area contributed by atoms with Gasteiger partial charge in [-0.3, -0.25) is 0 Å². The molecule has 4 rings (SSSR count). The number of carboxylic acid groups (broad SMARTS) is 1. The van der Waals surface area contributed by atoms with Gasteiger partial charge in [-0.15, -0.1) is 0 Å². The van der Waals surface area contributed by atoms with Crippen molar-refractivity contribution >= 4 is 34.7 Å². The van der Waals surface area contributed by atoms with E-state index >= 15 is 0 Å². The van der Waals surface area contributed by atoms with Crippen LogP contribution in [0.5, 0.6) is 0 Å². The predicted octanol–water partition coefficient (Wildman–Crippen LogP) is 4.92. The molecule has 0 spiro atoms. The zero-order chi connectivity index (χ0) is 19.7. The number of hydrogen-bond donors (Lipinski definition) is 1. The van der Waals surface area contributed by atoms with E-state index in [1.807, 2.05) is 17.7 Å². The lowest BCUT2D eigenvalue weighted by atomic mass is 9.90. The molecule has 0 unspecified atom stereocenters. The van der Waals surface area contributed by atoms with Crippen molar-refractivity contribution < 1.29 is 9.90 Å². The Bertz CT molecular complexity index is 1070. The quantitative estimate of drug-likeness (QED) is 0.489. The van der Waals surface area contributed by atoms with Crippen LogP contribution in [0.15, 0.2) is 30.6 Å². The summed E-state index contributed by atoms with van der Waals surface area (Å²) in [4.78, 5) is 20.3. The standard InChI is InChI=1S/C21H21ClN4O2/c1-2-26-21-16(12-24-26)19(14-9-10-23-17(22)11-14)15(7-8-18(27)28)20(25-21)13-5-3-4-6-13/h7-13H,2-6H2,1H3,(H,27,28). The van der Waals surface area contributed by atoms with Gasteiger partial charge in [0.1, 0.15) is 5.15 Å². The molecule has 7 heteroatoms. The van der Waals surface area contributed by atoms with Crippen molar-refractivity contribution in [1.29, 1.82) is 0 Å². The average molecular weight is 397 g/mol. The van der Waals surface area contributed by atoms with Crippen LogP contribution in [0, 0.1) is 0 Å². The van der Waals surface area contributed by atoms with Crippen molar-refractivity contribution in [2.75, 3.05) is 0 Å². The van der Waals surface area contributed by atoms with Crippen molar-refractivity contribution in [3.05, 3.63) is 47.0 Å². The van der Waals surface area contributed by atoms with Crippen LogP contribution < -0.4 is 0 Å². The van der Waals surface area contributed by atoms with Gasteiger partial charge >= 0.3 is 5.97 Å². The molecule has 6 nitrogen and oxygen atoms in total. The maximum atomic E-state index is 11.3. The van der Waals surface area contributed by atoms with Crippen LogP contribution >= 0.6 is 11.6 Å². The van der Waals surface area contributed by atoms with Crippen LogP contribution in [-0.4, -0.2) is 30.8 Å². The summed E-state index contributed by atoms with van der Waals surface area (Å²) in [5, 5.41) is 15.0. The summed E-state index contributed by atoms with van der Waals surface area (Å²) >= 11 is 6.17. The van der Waals surface area contributed by atoms with Gasteiger partial charge in [0.25, 0.3) is 0 Å². The highest BCUT2D eigenvalue weighted by Gasteiger charge is 2.26. The van der Waals surface area contributed by atoms with E-state index in [1.54, 1.807) is 24.5 Å². The number of carbonyl (C=O) groups is 1. The van der Waals surface area contributed by atoms with Gasteiger partial charge in [0.05, 0.1) is 11.9 Å². The number of fused-ring (bicyclic) bond motifs is 1. The van der Waals surface area contributed by atoms with Crippen LogP contribution in [0.25, 0.3) is 28.2 Å². The fourth-order valence-electron chi connectivity index (χ4n) is 4.05. The number of nitrogens with zero attached hydrogens (tertiary/aromatic N) is 4. The average Bonchev–Trinajstić information content (AvgIpc) is 3.34. The van der Waals surface area contributed by atoms with Crippen LogP contribution in [0.1, 0.15) is 49.8 Å². The van der Waals surface area contributed by atoms with Crippen LogP contribution in [-0.2, 0) is 11.3 Å². The summed E-state index contributed by atoms with van der Waals surface area (Å²) in [7, 11) is 0.